The molecule has 1 unspecified atom stereocenters. The topological polar surface area (TPSA) is 37.8 Å². The molecule has 0 aliphatic carbocycles. The molecule has 2 aromatic rings. The Morgan fingerprint density at radius 1 is 1.50 bits per heavy atom. The highest BCUT2D eigenvalue weighted by Gasteiger charge is 2.09. The van der Waals surface area contributed by atoms with Crippen LogP contribution in [0, 0.1) is 0 Å². The fourth-order valence-electron chi connectivity index (χ4n) is 1.65. The summed E-state index contributed by atoms with van der Waals surface area (Å²) in [6, 6.07) is 6.76. The molecule has 0 fully saturated rings. The highest BCUT2D eigenvalue weighted by atomic mass is 79.9. The summed E-state index contributed by atoms with van der Waals surface area (Å²) >= 11 is 6.83. The first-order valence-electron chi connectivity index (χ1n) is 5.67. The van der Waals surface area contributed by atoms with Crippen molar-refractivity contribution >= 4 is 39.0 Å². The predicted molar refractivity (Wildman–Crippen MR) is 80.3 cm³/mol. The highest BCUT2D eigenvalue weighted by molar-refractivity contribution is 9.10. The number of rotatable bonds is 5. The smallest absolute Gasteiger partial charge is 0.178 e. The Hall–Kier alpha value is -0.430. The average Bonchev–Trinajstić information content (AvgIpc) is 2.82. The van der Waals surface area contributed by atoms with Crippen molar-refractivity contribution in [3.05, 3.63) is 33.7 Å². The molecule has 1 atom stereocenters. The van der Waals surface area contributed by atoms with Crippen LogP contribution in [0.15, 0.2) is 37.4 Å². The van der Waals surface area contributed by atoms with Gasteiger partial charge in [0.05, 0.1) is 0 Å². The third-order valence-electron chi connectivity index (χ3n) is 2.49. The van der Waals surface area contributed by atoms with Crippen LogP contribution >= 0.6 is 39.0 Å². The number of nitrogens with one attached hydrogen (secondary N) is 1. The van der Waals surface area contributed by atoms with E-state index in [0.717, 1.165) is 15.4 Å². The van der Waals surface area contributed by atoms with Crippen LogP contribution < -0.4 is 5.32 Å². The van der Waals surface area contributed by atoms with Gasteiger partial charge in [-0.15, -0.1) is 10.2 Å². The predicted octanol–water partition coefficient (Wildman–Crippen LogP) is 4.12. The van der Waals surface area contributed by atoms with Crippen molar-refractivity contribution in [1.82, 2.24) is 15.5 Å². The molecule has 0 aliphatic rings. The van der Waals surface area contributed by atoms with E-state index in [1.807, 2.05) is 0 Å². The summed E-state index contributed by atoms with van der Waals surface area (Å²) in [6.07, 6.45) is 0. The number of halogens is 1. The van der Waals surface area contributed by atoms with Crippen molar-refractivity contribution in [1.29, 1.82) is 0 Å². The van der Waals surface area contributed by atoms with E-state index in [2.05, 4.69) is 63.5 Å². The SMILES string of the molecule is CCNC(C)c1ccc(Sc2nncs2)cc1Br. The van der Waals surface area contributed by atoms with Crippen molar-refractivity contribution in [2.75, 3.05) is 6.54 Å². The van der Waals surface area contributed by atoms with Gasteiger partial charge in [-0.1, -0.05) is 52.0 Å². The molecule has 0 radical (unpaired) electrons. The van der Waals surface area contributed by atoms with Crippen LogP contribution in [-0.2, 0) is 0 Å². The maximum atomic E-state index is 4.03. The summed E-state index contributed by atoms with van der Waals surface area (Å²) in [5, 5.41) is 11.3. The average molecular weight is 344 g/mol. The van der Waals surface area contributed by atoms with E-state index in [4.69, 9.17) is 0 Å². The molecule has 0 saturated heterocycles. The van der Waals surface area contributed by atoms with Crippen LogP contribution in [0.4, 0.5) is 0 Å². The molecule has 3 nitrogen and oxygen atoms in total. The van der Waals surface area contributed by atoms with Gasteiger partial charge in [0.15, 0.2) is 4.34 Å². The van der Waals surface area contributed by atoms with Crippen LogP contribution in [0.2, 0.25) is 0 Å². The quantitative estimate of drug-likeness (QED) is 0.885. The van der Waals surface area contributed by atoms with Gasteiger partial charge in [0.1, 0.15) is 5.51 Å². The van der Waals surface area contributed by atoms with E-state index in [0.29, 0.717) is 6.04 Å². The summed E-state index contributed by atoms with van der Waals surface area (Å²) in [5.41, 5.74) is 3.03. The fourth-order valence-corrected chi connectivity index (χ4v) is 4.01. The molecule has 6 heteroatoms. The van der Waals surface area contributed by atoms with Crippen molar-refractivity contribution in [3.8, 4) is 0 Å². The Kier molecular flexibility index (Phi) is 5.17. The Labute approximate surface area is 124 Å². The molecule has 0 aliphatic heterocycles. The molecule has 1 aromatic heterocycles. The van der Waals surface area contributed by atoms with Crippen LogP contribution in [0.5, 0.6) is 0 Å². The zero-order valence-electron chi connectivity index (χ0n) is 10.2. The van der Waals surface area contributed by atoms with Crippen LogP contribution in [-0.4, -0.2) is 16.7 Å². The zero-order chi connectivity index (χ0) is 13.0. The van der Waals surface area contributed by atoms with Crippen LogP contribution in [0.1, 0.15) is 25.5 Å². The van der Waals surface area contributed by atoms with E-state index >= 15 is 0 Å². The summed E-state index contributed by atoms with van der Waals surface area (Å²) in [7, 11) is 0. The second kappa shape index (κ2) is 6.65. The van der Waals surface area contributed by atoms with Crippen molar-refractivity contribution in [2.24, 2.45) is 0 Å². The zero-order valence-corrected chi connectivity index (χ0v) is 13.4. The Bertz CT molecular complexity index is 502. The van der Waals surface area contributed by atoms with Crippen molar-refractivity contribution in [2.45, 2.75) is 29.1 Å². The van der Waals surface area contributed by atoms with E-state index in [9.17, 15) is 0 Å². The first-order valence-corrected chi connectivity index (χ1v) is 8.16. The lowest BCUT2D eigenvalue weighted by Gasteiger charge is -2.15. The molecule has 1 N–H and O–H groups in total. The number of hydrogen-bond donors (Lipinski definition) is 1. The monoisotopic (exact) mass is 343 g/mol. The highest BCUT2D eigenvalue weighted by Crippen LogP contribution is 2.33. The molecule has 2 rings (SSSR count). The van der Waals surface area contributed by atoms with Gasteiger partial charge in [0.2, 0.25) is 0 Å². The minimum atomic E-state index is 0.352. The molecule has 96 valence electrons. The molecular weight excluding hydrogens is 330 g/mol. The van der Waals surface area contributed by atoms with Gasteiger partial charge in [0, 0.05) is 15.4 Å². The maximum absolute atomic E-state index is 4.03. The second-order valence-corrected chi connectivity index (χ2v) is 6.78. The van der Waals surface area contributed by atoms with Crippen molar-refractivity contribution in [3.63, 3.8) is 0 Å². The van der Waals surface area contributed by atoms with Crippen LogP contribution in [0.25, 0.3) is 0 Å². The van der Waals surface area contributed by atoms with Gasteiger partial charge < -0.3 is 5.32 Å². The minimum Gasteiger partial charge on any atom is -0.310 e. The lowest BCUT2D eigenvalue weighted by molar-refractivity contribution is 0.595. The Balaban J connectivity index is 2.14. The summed E-state index contributed by atoms with van der Waals surface area (Å²) in [4.78, 5) is 1.17. The largest absolute Gasteiger partial charge is 0.310 e. The lowest BCUT2D eigenvalue weighted by atomic mass is 10.1. The minimum absolute atomic E-state index is 0.352. The van der Waals surface area contributed by atoms with Crippen LogP contribution in [0.3, 0.4) is 0 Å². The standard InChI is InChI=1S/C12H14BrN3S2/c1-3-14-8(2)10-5-4-9(6-11(10)13)18-12-16-15-7-17-12/h4-8,14H,3H2,1-2H3. The molecule has 0 spiro atoms. The molecule has 1 aromatic carbocycles. The molecule has 0 bridgehead atoms. The summed E-state index contributed by atoms with van der Waals surface area (Å²) in [6.45, 7) is 5.25. The molecule has 1 heterocycles. The van der Waals surface area contributed by atoms with E-state index < -0.39 is 0 Å². The molecule has 0 amide bonds. The number of benzene rings is 1. The Morgan fingerprint density at radius 2 is 2.33 bits per heavy atom. The van der Waals surface area contributed by atoms with Gasteiger partial charge in [-0.05, 0) is 31.2 Å². The molecular formula is C12H14BrN3S2. The van der Waals surface area contributed by atoms with Crippen molar-refractivity contribution < 1.29 is 0 Å². The second-order valence-electron chi connectivity index (χ2n) is 3.77. The van der Waals surface area contributed by atoms with Gasteiger partial charge >= 0.3 is 0 Å². The maximum Gasteiger partial charge on any atom is 0.178 e. The fraction of sp³-hybridized carbons (Fsp3) is 0.333. The summed E-state index contributed by atoms with van der Waals surface area (Å²) in [5.74, 6) is 0. The van der Waals surface area contributed by atoms with E-state index in [1.165, 1.54) is 10.5 Å². The molecule has 18 heavy (non-hydrogen) atoms. The van der Waals surface area contributed by atoms with Gasteiger partial charge in [-0.3, -0.25) is 0 Å². The third-order valence-corrected chi connectivity index (χ3v) is 4.95. The molecule has 0 saturated carbocycles. The normalized spacial score (nSPS) is 12.6. The lowest BCUT2D eigenvalue weighted by Crippen LogP contribution is -2.17. The number of aromatic nitrogens is 2. The van der Waals surface area contributed by atoms with E-state index in [-0.39, 0.29) is 0 Å². The van der Waals surface area contributed by atoms with Gasteiger partial charge in [-0.25, -0.2) is 0 Å². The van der Waals surface area contributed by atoms with E-state index in [1.54, 1.807) is 28.6 Å². The summed E-state index contributed by atoms with van der Waals surface area (Å²) < 4.78 is 2.10. The third kappa shape index (κ3) is 3.54. The first kappa shape index (κ1) is 14.0. The number of hydrogen-bond acceptors (Lipinski definition) is 5. The van der Waals surface area contributed by atoms with Gasteiger partial charge in [-0.2, -0.15) is 0 Å². The number of nitrogens with zero attached hydrogens (tertiary/aromatic N) is 2. The van der Waals surface area contributed by atoms with Gasteiger partial charge in [0.25, 0.3) is 0 Å². The Morgan fingerprint density at radius 3 is 2.94 bits per heavy atom. The first-order chi connectivity index (χ1) is 8.70.